The Morgan fingerprint density at radius 3 is 2.31 bits per heavy atom. The molecular weight excluding hydrogens is 196 g/mol. The van der Waals surface area contributed by atoms with Gasteiger partial charge in [-0.15, -0.1) is 0 Å². The maximum Gasteiger partial charge on any atom is 0.0417 e. The maximum atomic E-state index is 4.32. The summed E-state index contributed by atoms with van der Waals surface area (Å²) in [5.74, 6) is 0. The summed E-state index contributed by atoms with van der Waals surface area (Å²) in [4.78, 5) is 4.32. The number of pyridine rings is 1. The van der Waals surface area contributed by atoms with Gasteiger partial charge in [0.25, 0.3) is 0 Å². The Labute approximate surface area is 99.5 Å². The first-order valence-electron chi connectivity index (χ1n) is 6.33. The highest BCUT2D eigenvalue weighted by atomic mass is 15.0. The Hall–Kier alpha value is -0.890. The first kappa shape index (κ1) is 13.2. The lowest BCUT2D eigenvalue weighted by atomic mass is 9.89. The zero-order valence-corrected chi connectivity index (χ0v) is 11.0. The lowest BCUT2D eigenvalue weighted by Crippen LogP contribution is -2.43. The van der Waals surface area contributed by atoms with E-state index in [2.05, 4.69) is 44.1 Å². The number of hydrogen-bond donors (Lipinski definition) is 1. The van der Waals surface area contributed by atoms with Gasteiger partial charge in [-0.1, -0.05) is 26.8 Å². The molecule has 0 radical (unpaired) electrons. The standard InChI is InChI=1S/C14H24N2/c1-5-14(6-2,7-3)16-11-13-9-8-10-15-12(13)4/h8-10,16H,5-7,11H2,1-4H3. The summed E-state index contributed by atoms with van der Waals surface area (Å²) in [6, 6.07) is 4.16. The SMILES string of the molecule is CCC(CC)(CC)NCc1cccnc1C. The van der Waals surface area contributed by atoms with Crippen LogP contribution in [0.2, 0.25) is 0 Å². The summed E-state index contributed by atoms with van der Waals surface area (Å²) in [6.45, 7) is 9.78. The average molecular weight is 220 g/mol. The second-order valence-electron chi connectivity index (χ2n) is 4.44. The fourth-order valence-electron chi connectivity index (χ4n) is 2.11. The second-order valence-corrected chi connectivity index (χ2v) is 4.44. The Morgan fingerprint density at radius 2 is 1.81 bits per heavy atom. The van der Waals surface area contributed by atoms with Crippen LogP contribution >= 0.6 is 0 Å². The van der Waals surface area contributed by atoms with Gasteiger partial charge < -0.3 is 5.32 Å². The van der Waals surface area contributed by atoms with E-state index in [1.54, 1.807) is 0 Å². The predicted molar refractivity (Wildman–Crippen MR) is 69.4 cm³/mol. The first-order valence-corrected chi connectivity index (χ1v) is 6.33. The molecule has 0 aromatic carbocycles. The minimum atomic E-state index is 0.294. The summed E-state index contributed by atoms with van der Waals surface area (Å²) in [6.07, 6.45) is 5.39. The van der Waals surface area contributed by atoms with E-state index in [-0.39, 0.29) is 0 Å². The Morgan fingerprint density at radius 1 is 1.19 bits per heavy atom. The largest absolute Gasteiger partial charge is 0.307 e. The summed E-state index contributed by atoms with van der Waals surface area (Å²) in [5.41, 5.74) is 2.73. The smallest absolute Gasteiger partial charge is 0.0417 e. The maximum absolute atomic E-state index is 4.32. The molecule has 0 bridgehead atoms. The number of nitrogens with zero attached hydrogens (tertiary/aromatic N) is 1. The van der Waals surface area contributed by atoms with Gasteiger partial charge in [0, 0.05) is 24.0 Å². The van der Waals surface area contributed by atoms with Crippen molar-refractivity contribution in [1.29, 1.82) is 0 Å². The van der Waals surface area contributed by atoms with E-state index >= 15 is 0 Å². The Balaban J connectivity index is 2.66. The number of rotatable bonds is 6. The van der Waals surface area contributed by atoms with E-state index in [4.69, 9.17) is 0 Å². The van der Waals surface area contributed by atoms with Gasteiger partial charge in [-0.2, -0.15) is 0 Å². The fourth-order valence-corrected chi connectivity index (χ4v) is 2.11. The molecular formula is C14H24N2. The molecule has 0 spiro atoms. The molecule has 1 rings (SSSR count). The van der Waals surface area contributed by atoms with Gasteiger partial charge in [0.15, 0.2) is 0 Å². The van der Waals surface area contributed by atoms with Gasteiger partial charge in [0.1, 0.15) is 0 Å². The van der Waals surface area contributed by atoms with Crippen LogP contribution in [0.4, 0.5) is 0 Å². The van der Waals surface area contributed by atoms with Crippen molar-refractivity contribution in [2.45, 2.75) is 59.0 Å². The molecule has 0 aliphatic carbocycles. The summed E-state index contributed by atoms with van der Waals surface area (Å²) in [7, 11) is 0. The van der Waals surface area contributed by atoms with Gasteiger partial charge in [-0.25, -0.2) is 0 Å². The molecule has 0 atom stereocenters. The summed E-state index contributed by atoms with van der Waals surface area (Å²) < 4.78 is 0. The van der Waals surface area contributed by atoms with Crippen LogP contribution in [-0.2, 0) is 6.54 Å². The monoisotopic (exact) mass is 220 g/mol. The van der Waals surface area contributed by atoms with Gasteiger partial charge in [0.2, 0.25) is 0 Å². The van der Waals surface area contributed by atoms with Crippen molar-refractivity contribution in [3.63, 3.8) is 0 Å². The highest BCUT2D eigenvalue weighted by molar-refractivity contribution is 5.18. The van der Waals surface area contributed by atoms with Crippen LogP contribution < -0.4 is 5.32 Å². The topological polar surface area (TPSA) is 24.9 Å². The lowest BCUT2D eigenvalue weighted by Gasteiger charge is -2.32. The third-order valence-electron chi connectivity index (χ3n) is 3.80. The molecule has 0 unspecified atom stereocenters. The highest BCUT2D eigenvalue weighted by Crippen LogP contribution is 2.20. The van der Waals surface area contributed by atoms with Crippen molar-refractivity contribution in [2.24, 2.45) is 0 Å². The third kappa shape index (κ3) is 3.05. The van der Waals surface area contributed by atoms with E-state index in [1.165, 1.54) is 24.8 Å². The minimum absolute atomic E-state index is 0.294. The Bertz CT molecular complexity index is 308. The molecule has 0 amide bonds. The predicted octanol–water partition coefficient (Wildman–Crippen LogP) is 3.45. The van der Waals surface area contributed by atoms with Gasteiger partial charge in [-0.05, 0) is 37.8 Å². The molecule has 16 heavy (non-hydrogen) atoms. The van der Waals surface area contributed by atoms with Crippen LogP contribution in [0.15, 0.2) is 18.3 Å². The number of nitrogens with one attached hydrogen (secondary N) is 1. The normalized spacial score (nSPS) is 11.8. The molecule has 1 N–H and O–H groups in total. The van der Waals surface area contributed by atoms with Crippen molar-refractivity contribution < 1.29 is 0 Å². The van der Waals surface area contributed by atoms with E-state index in [0.717, 1.165) is 12.2 Å². The summed E-state index contributed by atoms with van der Waals surface area (Å²) in [5, 5.41) is 3.70. The van der Waals surface area contributed by atoms with Crippen molar-refractivity contribution in [3.8, 4) is 0 Å². The van der Waals surface area contributed by atoms with Crippen LogP contribution in [0, 0.1) is 6.92 Å². The molecule has 1 heterocycles. The number of hydrogen-bond acceptors (Lipinski definition) is 2. The van der Waals surface area contributed by atoms with E-state index < -0.39 is 0 Å². The Kier molecular flexibility index (Phi) is 4.94. The van der Waals surface area contributed by atoms with Crippen LogP contribution in [0.1, 0.15) is 51.3 Å². The van der Waals surface area contributed by atoms with E-state index in [1.807, 2.05) is 12.3 Å². The van der Waals surface area contributed by atoms with Crippen molar-refractivity contribution >= 4 is 0 Å². The second kappa shape index (κ2) is 6.00. The molecule has 0 aliphatic rings. The number of aromatic nitrogens is 1. The van der Waals surface area contributed by atoms with Crippen molar-refractivity contribution in [1.82, 2.24) is 10.3 Å². The van der Waals surface area contributed by atoms with E-state index in [0.29, 0.717) is 5.54 Å². The molecule has 0 fully saturated rings. The summed E-state index contributed by atoms with van der Waals surface area (Å²) >= 11 is 0. The highest BCUT2D eigenvalue weighted by Gasteiger charge is 2.22. The van der Waals surface area contributed by atoms with Crippen LogP contribution in [0.3, 0.4) is 0 Å². The van der Waals surface area contributed by atoms with E-state index in [9.17, 15) is 0 Å². The van der Waals surface area contributed by atoms with Crippen LogP contribution in [-0.4, -0.2) is 10.5 Å². The zero-order valence-electron chi connectivity index (χ0n) is 11.0. The zero-order chi connectivity index (χ0) is 12.0. The van der Waals surface area contributed by atoms with Gasteiger partial charge in [0.05, 0.1) is 0 Å². The van der Waals surface area contributed by atoms with Crippen LogP contribution in [0.5, 0.6) is 0 Å². The lowest BCUT2D eigenvalue weighted by molar-refractivity contribution is 0.287. The van der Waals surface area contributed by atoms with Crippen LogP contribution in [0.25, 0.3) is 0 Å². The molecule has 1 aromatic rings. The molecule has 0 aliphatic heterocycles. The van der Waals surface area contributed by atoms with Crippen molar-refractivity contribution in [2.75, 3.05) is 0 Å². The third-order valence-corrected chi connectivity index (χ3v) is 3.80. The van der Waals surface area contributed by atoms with Gasteiger partial charge >= 0.3 is 0 Å². The molecule has 1 aromatic heterocycles. The molecule has 90 valence electrons. The number of aryl methyl sites for hydroxylation is 1. The molecule has 2 heteroatoms. The fraction of sp³-hybridized carbons (Fsp3) is 0.643. The van der Waals surface area contributed by atoms with Gasteiger partial charge in [-0.3, -0.25) is 4.98 Å². The average Bonchev–Trinajstić information content (AvgIpc) is 2.34. The quantitative estimate of drug-likeness (QED) is 0.794. The first-order chi connectivity index (χ1) is 7.67. The molecule has 0 saturated heterocycles. The minimum Gasteiger partial charge on any atom is -0.307 e. The molecule has 0 saturated carbocycles. The van der Waals surface area contributed by atoms with Crippen molar-refractivity contribution in [3.05, 3.63) is 29.6 Å². The molecule has 2 nitrogen and oxygen atoms in total.